The van der Waals surface area contributed by atoms with Crippen LogP contribution in [0.3, 0.4) is 0 Å². The molecule has 1 aliphatic heterocycles. The van der Waals surface area contributed by atoms with E-state index < -0.39 is 0 Å². The second-order valence-corrected chi connectivity index (χ2v) is 11.2. The van der Waals surface area contributed by atoms with Crippen LogP contribution in [0.5, 0.6) is 0 Å². The fraction of sp³-hybridized carbons (Fsp3) is 0.536. The Labute approximate surface area is 200 Å². The van der Waals surface area contributed by atoms with Gasteiger partial charge in [-0.2, -0.15) is 4.98 Å². The number of rotatable bonds is 4. The van der Waals surface area contributed by atoms with Crippen molar-refractivity contribution >= 4 is 28.4 Å². The van der Waals surface area contributed by atoms with Crippen LogP contribution >= 0.6 is 0 Å². The monoisotopic (exact) mass is 455 g/mol. The lowest BCUT2D eigenvalue weighted by Gasteiger charge is -2.54. The molecule has 3 heterocycles. The Morgan fingerprint density at radius 3 is 2.24 bits per heavy atom. The van der Waals surface area contributed by atoms with Crippen LogP contribution in [0.1, 0.15) is 57.4 Å². The Balaban J connectivity index is 1.20. The minimum atomic E-state index is 0.0838. The van der Waals surface area contributed by atoms with E-state index in [2.05, 4.69) is 39.5 Å². The van der Waals surface area contributed by atoms with Crippen molar-refractivity contribution in [3.8, 4) is 0 Å². The van der Waals surface area contributed by atoms with Gasteiger partial charge in [-0.15, -0.1) is 0 Å². The van der Waals surface area contributed by atoms with Gasteiger partial charge >= 0.3 is 0 Å². The van der Waals surface area contributed by atoms with Crippen molar-refractivity contribution in [2.75, 3.05) is 23.3 Å². The van der Waals surface area contributed by atoms with Crippen LogP contribution in [0.2, 0.25) is 0 Å². The van der Waals surface area contributed by atoms with Crippen molar-refractivity contribution in [1.29, 1.82) is 0 Å². The maximum absolute atomic E-state index is 13.2. The molecule has 5 fully saturated rings. The molecule has 4 saturated carbocycles. The van der Waals surface area contributed by atoms with E-state index in [9.17, 15) is 4.79 Å². The van der Waals surface area contributed by atoms with Crippen molar-refractivity contribution < 1.29 is 0 Å². The summed E-state index contributed by atoms with van der Waals surface area (Å²) in [5.41, 5.74) is 3.12. The molecule has 0 atom stereocenters. The second-order valence-electron chi connectivity index (χ2n) is 11.2. The van der Waals surface area contributed by atoms with Gasteiger partial charge in [0.15, 0.2) is 0 Å². The average molecular weight is 456 g/mol. The van der Waals surface area contributed by atoms with Crippen LogP contribution in [0.4, 0.5) is 17.3 Å². The third kappa shape index (κ3) is 3.50. The molecule has 0 amide bonds. The normalized spacial score (nSPS) is 30.1. The number of anilines is 3. The second kappa shape index (κ2) is 8.10. The van der Waals surface area contributed by atoms with Crippen LogP contribution < -0.4 is 15.8 Å². The van der Waals surface area contributed by atoms with Crippen LogP contribution in [0.15, 0.2) is 47.4 Å². The highest BCUT2D eigenvalue weighted by Gasteiger charge is 2.49. The lowest BCUT2D eigenvalue weighted by Crippen LogP contribution is -2.48. The molecule has 1 N–H and O–H groups in total. The highest BCUT2D eigenvalue weighted by molar-refractivity contribution is 5.76. The zero-order valence-corrected chi connectivity index (χ0v) is 19.7. The molecule has 2 aromatic heterocycles. The van der Waals surface area contributed by atoms with Crippen LogP contribution in [0.25, 0.3) is 11.0 Å². The number of hydrogen-bond donors (Lipinski definition) is 1. The van der Waals surface area contributed by atoms with Gasteiger partial charge in [0.1, 0.15) is 5.65 Å². The van der Waals surface area contributed by atoms with Crippen molar-refractivity contribution in [2.24, 2.45) is 23.7 Å². The summed E-state index contributed by atoms with van der Waals surface area (Å²) in [4.78, 5) is 25.1. The third-order valence-electron chi connectivity index (χ3n) is 8.99. The van der Waals surface area contributed by atoms with Crippen LogP contribution in [-0.2, 0) is 0 Å². The Morgan fingerprint density at radius 2 is 1.53 bits per heavy atom. The van der Waals surface area contributed by atoms with Gasteiger partial charge in [0.05, 0.1) is 0 Å². The molecule has 5 aliphatic rings. The molecule has 4 bridgehead atoms. The minimum absolute atomic E-state index is 0.0838. The molecule has 6 nitrogen and oxygen atoms in total. The summed E-state index contributed by atoms with van der Waals surface area (Å²) in [5.74, 6) is 3.55. The van der Waals surface area contributed by atoms with E-state index >= 15 is 0 Å². The summed E-state index contributed by atoms with van der Waals surface area (Å²) in [6.45, 7) is 2.28. The predicted octanol–water partition coefficient (Wildman–Crippen LogP) is 5.52. The standard InChI is InChI=1S/C28H33N5O/c34-25-9-4-20-17-29-28(30-23-5-7-24(8-6-23)32-10-2-1-3-11-32)31-27(20)33(25)26-21-13-18-12-19(15-21)16-22(26)14-18/h4-9,17-19,21-22,26H,1-3,10-16H2,(H,29,30,31). The smallest absolute Gasteiger partial charge is 0.252 e. The van der Waals surface area contributed by atoms with Gasteiger partial charge in [-0.05, 0) is 105 Å². The molecule has 4 aliphatic carbocycles. The first-order valence-electron chi connectivity index (χ1n) is 13.2. The largest absolute Gasteiger partial charge is 0.372 e. The van der Waals surface area contributed by atoms with Gasteiger partial charge in [-0.3, -0.25) is 9.36 Å². The number of piperidine rings is 1. The van der Waals surface area contributed by atoms with Gasteiger partial charge in [-0.25, -0.2) is 4.98 Å². The first kappa shape index (κ1) is 20.5. The minimum Gasteiger partial charge on any atom is -0.372 e. The molecule has 1 aromatic carbocycles. The number of pyridine rings is 1. The van der Waals surface area contributed by atoms with E-state index in [-0.39, 0.29) is 11.6 Å². The third-order valence-corrected chi connectivity index (χ3v) is 8.99. The van der Waals surface area contributed by atoms with E-state index in [1.807, 2.05) is 16.8 Å². The first-order chi connectivity index (χ1) is 16.7. The number of hydrogen-bond acceptors (Lipinski definition) is 5. The Bertz CT molecular complexity index is 1230. The summed E-state index contributed by atoms with van der Waals surface area (Å²) in [6, 6.07) is 12.4. The van der Waals surface area contributed by atoms with Gasteiger partial charge in [0.25, 0.3) is 5.56 Å². The Morgan fingerprint density at radius 1 is 0.824 bits per heavy atom. The van der Waals surface area contributed by atoms with E-state index in [1.165, 1.54) is 57.1 Å². The molecule has 34 heavy (non-hydrogen) atoms. The fourth-order valence-electron chi connectivity index (χ4n) is 7.74. The maximum Gasteiger partial charge on any atom is 0.252 e. The molecule has 3 aromatic rings. The van der Waals surface area contributed by atoms with E-state index in [1.54, 1.807) is 6.07 Å². The van der Waals surface area contributed by atoms with Crippen molar-refractivity contribution in [1.82, 2.24) is 14.5 Å². The van der Waals surface area contributed by atoms with Gasteiger partial charge < -0.3 is 10.2 Å². The quantitative estimate of drug-likeness (QED) is 0.561. The topological polar surface area (TPSA) is 63.1 Å². The molecule has 8 rings (SSSR count). The summed E-state index contributed by atoms with van der Waals surface area (Å²) < 4.78 is 2.04. The van der Waals surface area contributed by atoms with Gasteiger partial charge in [-0.1, -0.05) is 0 Å². The van der Waals surface area contributed by atoms with Crippen molar-refractivity contribution in [3.05, 3.63) is 52.9 Å². The van der Waals surface area contributed by atoms with E-state index in [0.29, 0.717) is 17.8 Å². The summed E-state index contributed by atoms with van der Waals surface area (Å²) in [6.07, 6.45) is 12.3. The average Bonchev–Trinajstić information content (AvgIpc) is 2.86. The van der Waals surface area contributed by atoms with E-state index in [4.69, 9.17) is 4.98 Å². The molecule has 176 valence electrons. The highest BCUT2D eigenvalue weighted by atomic mass is 16.1. The molecular formula is C28H33N5O. The van der Waals surface area contributed by atoms with E-state index in [0.717, 1.165) is 41.6 Å². The molecule has 6 heteroatoms. The number of benzene rings is 1. The number of fused-ring (bicyclic) bond motifs is 1. The SMILES string of the molecule is O=c1ccc2cnc(Nc3ccc(N4CCCCC4)cc3)nc2n1C1C2CC3CC(C2)CC1C3. The number of nitrogens with zero attached hydrogens (tertiary/aromatic N) is 4. The maximum atomic E-state index is 13.2. The summed E-state index contributed by atoms with van der Waals surface area (Å²) in [5, 5.41) is 4.33. The summed E-state index contributed by atoms with van der Waals surface area (Å²) >= 11 is 0. The van der Waals surface area contributed by atoms with Crippen molar-refractivity contribution in [3.63, 3.8) is 0 Å². The molecule has 0 unspecified atom stereocenters. The predicted molar refractivity (Wildman–Crippen MR) is 136 cm³/mol. The molecule has 0 radical (unpaired) electrons. The zero-order chi connectivity index (χ0) is 22.6. The highest BCUT2D eigenvalue weighted by Crippen LogP contribution is 2.58. The Hall–Kier alpha value is -2.89. The zero-order valence-electron chi connectivity index (χ0n) is 19.7. The van der Waals surface area contributed by atoms with Crippen LogP contribution in [-0.4, -0.2) is 27.6 Å². The number of nitrogens with one attached hydrogen (secondary N) is 1. The summed E-state index contributed by atoms with van der Waals surface area (Å²) in [7, 11) is 0. The van der Waals surface area contributed by atoms with Gasteiger partial charge in [0.2, 0.25) is 5.95 Å². The lowest BCUT2D eigenvalue weighted by atomic mass is 9.54. The lowest BCUT2D eigenvalue weighted by molar-refractivity contribution is -0.0289. The first-order valence-corrected chi connectivity index (χ1v) is 13.2. The molecule has 1 saturated heterocycles. The van der Waals surface area contributed by atoms with Crippen LogP contribution in [0, 0.1) is 23.7 Å². The van der Waals surface area contributed by atoms with Gasteiger partial charge in [0, 0.05) is 48.2 Å². The number of aromatic nitrogens is 3. The van der Waals surface area contributed by atoms with Crippen molar-refractivity contribution in [2.45, 2.75) is 57.4 Å². The molecule has 0 spiro atoms. The Kier molecular flexibility index (Phi) is 4.88. The fourth-order valence-corrected chi connectivity index (χ4v) is 7.74. The molecular weight excluding hydrogens is 422 g/mol.